The number of nitro benzene ring substituents is 1. The lowest BCUT2D eigenvalue weighted by Crippen LogP contribution is -2.61. The molecule has 3 atom stereocenters. The van der Waals surface area contributed by atoms with E-state index in [-0.39, 0.29) is 17.2 Å². The lowest BCUT2D eigenvalue weighted by molar-refractivity contribution is -0.382. The number of carbonyl (C=O) groups excluding carboxylic acids is 1. The number of hydrogen-bond acceptors (Lipinski definition) is 7. The van der Waals surface area contributed by atoms with Crippen molar-refractivity contribution in [2.45, 2.75) is 18.1 Å². The summed E-state index contributed by atoms with van der Waals surface area (Å²) in [5.41, 5.74) is -0.0942. The maximum atomic E-state index is 11.3. The van der Waals surface area contributed by atoms with E-state index in [1.807, 2.05) is 0 Å². The second kappa shape index (κ2) is 6.37. The molecule has 0 saturated carbocycles. The van der Waals surface area contributed by atoms with Crippen molar-refractivity contribution in [3.8, 4) is 0 Å². The van der Waals surface area contributed by atoms with Crippen LogP contribution in [0.3, 0.4) is 0 Å². The molecule has 2 aromatic rings. The Morgan fingerprint density at radius 2 is 2.33 bits per heavy atom. The number of benzene rings is 1. The zero-order valence-corrected chi connectivity index (χ0v) is 14.6. The molecule has 8 nitrogen and oxygen atoms in total. The third-order valence-corrected chi connectivity index (χ3v) is 5.95. The number of aliphatic hydroxyl groups excluding tert-OH is 1. The Bertz CT molecular complexity index is 799. The van der Waals surface area contributed by atoms with E-state index in [1.54, 1.807) is 6.07 Å². The van der Waals surface area contributed by atoms with Crippen molar-refractivity contribution >= 4 is 49.5 Å². The number of amides is 1. The normalized spacial score (nSPS) is 27.4. The van der Waals surface area contributed by atoms with Crippen molar-refractivity contribution in [1.82, 2.24) is 4.90 Å². The average Bonchev–Trinajstić information content (AvgIpc) is 3.01. The van der Waals surface area contributed by atoms with Crippen LogP contribution in [0.15, 0.2) is 24.3 Å². The van der Waals surface area contributed by atoms with Crippen LogP contribution in [0, 0.1) is 10.1 Å². The highest BCUT2D eigenvalue weighted by Crippen LogP contribution is 2.42. The molecular formula is C14H13BrN2O6S. The summed E-state index contributed by atoms with van der Waals surface area (Å²) in [6, 6.07) is 5.66. The molecule has 1 aromatic carbocycles. The summed E-state index contributed by atoms with van der Waals surface area (Å²) in [4.78, 5) is 23.2. The molecule has 1 fully saturated rings. The summed E-state index contributed by atoms with van der Waals surface area (Å²) >= 11 is 4.17. The van der Waals surface area contributed by atoms with Crippen LogP contribution in [-0.2, 0) is 15.3 Å². The number of thiophene rings is 1. The minimum Gasteiger partial charge on any atom is -0.368 e. The van der Waals surface area contributed by atoms with Crippen molar-refractivity contribution in [2.75, 3.05) is 11.9 Å². The Kier molecular flexibility index (Phi) is 4.58. The number of morpholine rings is 1. The summed E-state index contributed by atoms with van der Waals surface area (Å²) in [7, 11) is 0. The Morgan fingerprint density at radius 1 is 1.58 bits per heavy atom. The van der Waals surface area contributed by atoms with Crippen LogP contribution >= 0.6 is 27.3 Å². The molecule has 2 N–H and O–H groups in total. The van der Waals surface area contributed by atoms with Gasteiger partial charge in [0.25, 0.3) is 5.69 Å². The SMILES string of the molecule is O=CN1C(CBr)COC(O)(c2cc3cccc([N+](=O)[O-])c3s2)C1O. The van der Waals surface area contributed by atoms with Gasteiger partial charge in [-0.25, -0.2) is 0 Å². The molecule has 3 rings (SSSR count). The van der Waals surface area contributed by atoms with Gasteiger partial charge >= 0.3 is 0 Å². The van der Waals surface area contributed by atoms with Gasteiger partial charge in [0.15, 0.2) is 6.23 Å². The molecule has 128 valence electrons. The standard InChI is InChI=1S/C14H13BrN2O6S/c15-5-9-6-23-14(20,13(19)16(9)7-18)11-4-8-2-1-3-10(17(21)22)12(8)24-11/h1-4,7,9,13,19-20H,5-6H2. The van der Waals surface area contributed by atoms with Crippen molar-refractivity contribution in [3.63, 3.8) is 0 Å². The Hall–Kier alpha value is -1.59. The number of aliphatic hydroxyl groups is 2. The fourth-order valence-corrected chi connectivity index (χ4v) is 4.35. The Balaban J connectivity index is 2.07. The lowest BCUT2D eigenvalue weighted by atomic mass is 10.1. The summed E-state index contributed by atoms with van der Waals surface area (Å²) in [6.07, 6.45) is -1.18. The molecule has 1 saturated heterocycles. The predicted octanol–water partition coefficient (Wildman–Crippen LogP) is 1.53. The van der Waals surface area contributed by atoms with E-state index in [0.29, 0.717) is 21.8 Å². The van der Waals surface area contributed by atoms with Gasteiger partial charge in [-0.2, -0.15) is 0 Å². The number of hydrogen-bond donors (Lipinski definition) is 2. The number of fused-ring (bicyclic) bond motifs is 1. The zero-order chi connectivity index (χ0) is 17.5. The predicted molar refractivity (Wildman–Crippen MR) is 89.8 cm³/mol. The third-order valence-electron chi connectivity index (χ3n) is 3.92. The van der Waals surface area contributed by atoms with Crippen molar-refractivity contribution in [1.29, 1.82) is 0 Å². The van der Waals surface area contributed by atoms with Crippen LogP contribution in [-0.4, -0.2) is 50.7 Å². The van der Waals surface area contributed by atoms with Gasteiger partial charge in [-0.05, 0) is 11.5 Å². The molecule has 3 unspecified atom stereocenters. The number of nitrogens with zero attached hydrogens (tertiary/aromatic N) is 2. The van der Waals surface area contributed by atoms with E-state index in [1.165, 1.54) is 18.2 Å². The topological polar surface area (TPSA) is 113 Å². The second-order valence-electron chi connectivity index (χ2n) is 5.31. The molecule has 2 heterocycles. The highest BCUT2D eigenvalue weighted by atomic mass is 79.9. The van der Waals surface area contributed by atoms with Crippen molar-refractivity contribution in [3.05, 3.63) is 39.3 Å². The minimum atomic E-state index is -2.14. The number of rotatable bonds is 4. The van der Waals surface area contributed by atoms with E-state index < -0.39 is 23.0 Å². The average molecular weight is 417 g/mol. The number of halogens is 1. The molecule has 0 radical (unpaired) electrons. The van der Waals surface area contributed by atoms with Crippen LogP contribution in [0.25, 0.3) is 10.1 Å². The zero-order valence-electron chi connectivity index (χ0n) is 12.2. The van der Waals surface area contributed by atoms with Gasteiger partial charge in [-0.15, -0.1) is 11.3 Å². The molecule has 0 aliphatic carbocycles. The molecule has 10 heteroatoms. The number of carbonyl (C=O) groups is 1. The smallest absolute Gasteiger partial charge is 0.287 e. The first-order valence-electron chi connectivity index (χ1n) is 6.93. The summed E-state index contributed by atoms with van der Waals surface area (Å²) < 4.78 is 5.81. The largest absolute Gasteiger partial charge is 0.368 e. The molecule has 1 aliphatic rings. The third kappa shape index (κ3) is 2.60. The fraction of sp³-hybridized carbons (Fsp3) is 0.357. The van der Waals surface area contributed by atoms with Gasteiger partial charge in [-0.1, -0.05) is 28.1 Å². The highest BCUT2D eigenvalue weighted by Gasteiger charge is 2.49. The number of alkyl halides is 1. The van der Waals surface area contributed by atoms with E-state index in [2.05, 4.69) is 15.9 Å². The Morgan fingerprint density at radius 3 is 2.96 bits per heavy atom. The number of ether oxygens (including phenoxy) is 1. The van der Waals surface area contributed by atoms with E-state index in [4.69, 9.17) is 4.74 Å². The fourth-order valence-electron chi connectivity index (χ4n) is 2.62. The van der Waals surface area contributed by atoms with E-state index in [0.717, 1.165) is 16.2 Å². The van der Waals surface area contributed by atoms with Crippen LogP contribution in [0.5, 0.6) is 0 Å². The van der Waals surface area contributed by atoms with Crippen molar-refractivity contribution in [2.24, 2.45) is 0 Å². The van der Waals surface area contributed by atoms with Crippen LogP contribution in [0.1, 0.15) is 4.88 Å². The Labute approximate surface area is 148 Å². The summed E-state index contributed by atoms with van der Waals surface area (Å²) in [5.74, 6) is -2.14. The molecule has 0 spiro atoms. The summed E-state index contributed by atoms with van der Waals surface area (Å²) in [6.45, 7) is 0.00783. The molecular weight excluding hydrogens is 404 g/mol. The monoisotopic (exact) mass is 416 g/mol. The van der Waals surface area contributed by atoms with Gasteiger partial charge in [0.2, 0.25) is 12.2 Å². The molecule has 0 bridgehead atoms. The van der Waals surface area contributed by atoms with Crippen molar-refractivity contribution < 1.29 is 24.7 Å². The molecule has 1 aromatic heterocycles. The van der Waals surface area contributed by atoms with E-state index >= 15 is 0 Å². The van der Waals surface area contributed by atoms with Gasteiger partial charge in [0, 0.05) is 11.4 Å². The first kappa shape index (κ1) is 17.2. The maximum absolute atomic E-state index is 11.3. The molecule has 24 heavy (non-hydrogen) atoms. The van der Waals surface area contributed by atoms with Crippen LogP contribution in [0.2, 0.25) is 0 Å². The first-order valence-corrected chi connectivity index (χ1v) is 8.86. The number of nitro groups is 1. The van der Waals surface area contributed by atoms with Crippen LogP contribution in [0.4, 0.5) is 5.69 Å². The molecule has 1 amide bonds. The summed E-state index contributed by atoms with van der Waals surface area (Å²) in [5, 5.41) is 33.3. The minimum absolute atomic E-state index is 0.00783. The van der Waals surface area contributed by atoms with E-state index in [9.17, 15) is 25.1 Å². The number of non-ortho nitro benzene ring substituents is 1. The van der Waals surface area contributed by atoms with Gasteiger partial charge in [0.05, 0.1) is 22.4 Å². The highest BCUT2D eigenvalue weighted by molar-refractivity contribution is 9.09. The van der Waals surface area contributed by atoms with Gasteiger partial charge < -0.3 is 19.8 Å². The quantitative estimate of drug-likeness (QED) is 0.338. The van der Waals surface area contributed by atoms with Gasteiger partial charge in [0.1, 0.15) is 4.70 Å². The molecule has 1 aliphatic heterocycles. The van der Waals surface area contributed by atoms with Gasteiger partial charge in [-0.3, -0.25) is 14.9 Å². The second-order valence-corrected chi connectivity index (χ2v) is 7.00. The first-order chi connectivity index (χ1) is 11.4. The lowest BCUT2D eigenvalue weighted by Gasteiger charge is -2.45. The van der Waals surface area contributed by atoms with Crippen LogP contribution < -0.4 is 0 Å². The maximum Gasteiger partial charge on any atom is 0.287 e.